The van der Waals surface area contributed by atoms with E-state index < -0.39 is 5.41 Å². The van der Waals surface area contributed by atoms with Crippen LogP contribution in [0.15, 0.2) is 35.8 Å². The monoisotopic (exact) mass is 302 g/mol. The van der Waals surface area contributed by atoms with E-state index in [0.29, 0.717) is 31.9 Å². The topological polar surface area (TPSA) is 51.2 Å². The van der Waals surface area contributed by atoms with Crippen molar-refractivity contribution in [2.24, 2.45) is 0 Å². The highest BCUT2D eigenvalue weighted by Crippen LogP contribution is 2.38. The molecule has 0 radical (unpaired) electrons. The minimum Gasteiger partial charge on any atom is -0.381 e. The van der Waals surface area contributed by atoms with Gasteiger partial charge in [0, 0.05) is 24.3 Å². The second-order valence-corrected chi connectivity index (χ2v) is 6.29. The lowest BCUT2D eigenvalue weighted by molar-refractivity contribution is -0.125. The first kappa shape index (κ1) is 14.2. The Bertz CT molecular complexity index is 602. The molecule has 110 valence electrons. The highest BCUT2D eigenvalue weighted by Gasteiger charge is 2.42. The van der Waals surface area contributed by atoms with E-state index in [1.54, 1.807) is 17.5 Å². The van der Waals surface area contributed by atoms with Crippen molar-refractivity contribution in [1.29, 1.82) is 0 Å². The first-order valence-electron chi connectivity index (χ1n) is 7.06. The number of ether oxygens (including phenoxy) is 1. The number of thiophene rings is 1. The van der Waals surface area contributed by atoms with Gasteiger partial charge >= 0.3 is 0 Å². The zero-order valence-electron chi connectivity index (χ0n) is 12.0. The molecule has 3 heterocycles. The maximum atomic E-state index is 12.9. The molecule has 1 aliphatic rings. The number of nitrogens with one attached hydrogen (secondary N) is 1. The third-order valence-corrected chi connectivity index (χ3v) is 5.00. The molecule has 3 rings (SSSR count). The minimum absolute atomic E-state index is 0.0182. The maximum absolute atomic E-state index is 12.9. The van der Waals surface area contributed by atoms with Crippen LogP contribution in [-0.2, 0) is 14.9 Å². The summed E-state index contributed by atoms with van der Waals surface area (Å²) in [6, 6.07) is 7.83. The van der Waals surface area contributed by atoms with Gasteiger partial charge in [0.05, 0.1) is 5.41 Å². The number of pyridine rings is 1. The lowest BCUT2D eigenvalue weighted by Gasteiger charge is -2.34. The van der Waals surface area contributed by atoms with Crippen molar-refractivity contribution >= 4 is 23.1 Å². The summed E-state index contributed by atoms with van der Waals surface area (Å²) in [7, 11) is 0. The lowest BCUT2D eigenvalue weighted by Crippen LogP contribution is -2.44. The third kappa shape index (κ3) is 2.84. The summed E-state index contributed by atoms with van der Waals surface area (Å²) in [5.74, 6) is 0.623. The second kappa shape index (κ2) is 5.95. The summed E-state index contributed by atoms with van der Waals surface area (Å²) in [5.41, 5.74) is 0.589. The van der Waals surface area contributed by atoms with E-state index in [1.807, 2.05) is 36.6 Å². The van der Waals surface area contributed by atoms with Crippen molar-refractivity contribution in [1.82, 2.24) is 4.98 Å². The average molecular weight is 302 g/mol. The lowest BCUT2D eigenvalue weighted by atomic mass is 9.78. The van der Waals surface area contributed by atoms with Crippen molar-refractivity contribution in [3.63, 3.8) is 0 Å². The molecule has 1 fully saturated rings. The smallest absolute Gasteiger partial charge is 0.237 e. The zero-order valence-corrected chi connectivity index (χ0v) is 12.8. The summed E-state index contributed by atoms with van der Waals surface area (Å²) in [6.45, 7) is 3.21. The third-order valence-electron chi connectivity index (χ3n) is 3.93. The molecule has 1 N–H and O–H groups in total. The largest absolute Gasteiger partial charge is 0.381 e. The number of hydrogen-bond donors (Lipinski definition) is 1. The number of carbonyl (C=O) groups excluding carboxylic acids is 1. The Morgan fingerprint density at radius 2 is 2.14 bits per heavy atom. The van der Waals surface area contributed by atoms with Gasteiger partial charge in [-0.1, -0.05) is 12.1 Å². The molecule has 0 atom stereocenters. The highest BCUT2D eigenvalue weighted by molar-refractivity contribution is 7.10. The fourth-order valence-corrected chi connectivity index (χ4v) is 3.62. The first-order valence-corrected chi connectivity index (χ1v) is 7.94. The summed E-state index contributed by atoms with van der Waals surface area (Å²) >= 11 is 1.63. The molecule has 0 saturated carbocycles. The Balaban J connectivity index is 1.86. The molecule has 0 aliphatic carbocycles. The van der Waals surface area contributed by atoms with E-state index in [4.69, 9.17) is 4.74 Å². The molecule has 0 aromatic carbocycles. The van der Waals surface area contributed by atoms with Gasteiger partial charge in [-0.15, -0.1) is 11.3 Å². The van der Waals surface area contributed by atoms with Crippen LogP contribution in [0.5, 0.6) is 0 Å². The standard InChI is InChI=1S/C16H18N2O2S/c1-12-4-5-14(17-11-12)18-15(19)16(6-8-20-9-7-16)13-3-2-10-21-13/h2-5,10-11H,6-9H2,1H3,(H,17,18,19). The summed E-state index contributed by atoms with van der Waals surface area (Å²) in [5, 5.41) is 4.99. The van der Waals surface area contributed by atoms with Crippen LogP contribution in [0.4, 0.5) is 5.82 Å². The van der Waals surface area contributed by atoms with Gasteiger partial charge in [-0.25, -0.2) is 4.98 Å². The van der Waals surface area contributed by atoms with Gasteiger partial charge < -0.3 is 10.1 Å². The first-order chi connectivity index (χ1) is 10.2. The molecule has 4 nitrogen and oxygen atoms in total. The molecule has 2 aromatic heterocycles. The summed E-state index contributed by atoms with van der Waals surface area (Å²) in [6.07, 6.45) is 3.19. The highest BCUT2D eigenvalue weighted by atomic mass is 32.1. The number of aromatic nitrogens is 1. The number of anilines is 1. The fourth-order valence-electron chi connectivity index (χ4n) is 2.63. The number of hydrogen-bond acceptors (Lipinski definition) is 4. The maximum Gasteiger partial charge on any atom is 0.237 e. The number of aryl methyl sites for hydroxylation is 1. The van der Waals surface area contributed by atoms with Crippen molar-refractivity contribution < 1.29 is 9.53 Å². The second-order valence-electron chi connectivity index (χ2n) is 5.35. The van der Waals surface area contributed by atoms with E-state index >= 15 is 0 Å². The number of amides is 1. The van der Waals surface area contributed by atoms with Crippen LogP contribution in [0.1, 0.15) is 23.3 Å². The van der Waals surface area contributed by atoms with E-state index in [0.717, 1.165) is 10.4 Å². The van der Waals surface area contributed by atoms with Crippen molar-refractivity contribution in [3.8, 4) is 0 Å². The van der Waals surface area contributed by atoms with Gasteiger partial charge in [0.2, 0.25) is 5.91 Å². The van der Waals surface area contributed by atoms with Crippen LogP contribution >= 0.6 is 11.3 Å². The fraction of sp³-hybridized carbons (Fsp3) is 0.375. The molecule has 5 heteroatoms. The summed E-state index contributed by atoms with van der Waals surface area (Å²) in [4.78, 5) is 18.2. The Morgan fingerprint density at radius 3 is 2.76 bits per heavy atom. The Hall–Kier alpha value is -1.72. The zero-order chi connectivity index (χ0) is 14.7. The quantitative estimate of drug-likeness (QED) is 0.947. The molecule has 21 heavy (non-hydrogen) atoms. The van der Waals surface area contributed by atoms with Crippen LogP contribution in [0.2, 0.25) is 0 Å². The van der Waals surface area contributed by atoms with Crippen LogP contribution < -0.4 is 5.32 Å². The molecule has 0 spiro atoms. The van der Waals surface area contributed by atoms with Gasteiger partial charge in [0.1, 0.15) is 5.82 Å². The Morgan fingerprint density at radius 1 is 1.33 bits per heavy atom. The Kier molecular flexibility index (Phi) is 4.03. The van der Waals surface area contributed by atoms with Crippen LogP contribution in [0.3, 0.4) is 0 Å². The molecule has 1 amide bonds. The molecule has 0 bridgehead atoms. The normalized spacial score (nSPS) is 17.4. The molecular weight excluding hydrogens is 284 g/mol. The van der Waals surface area contributed by atoms with E-state index in [1.165, 1.54) is 0 Å². The summed E-state index contributed by atoms with van der Waals surface area (Å²) < 4.78 is 5.45. The van der Waals surface area contributed by atoms with Gasteiger partial charge in [-0.2, -0.15) is 0 Å². The van der Waals surface area contributed by atoms with Crippen molar-refractivity contribution in [3.05, 3.63) is 46.3 Å². The van der Waals surface area contributed by atoms with Crippen molar-refractivity contribution in [2.45, 2.75) is 25.2 Å². The van der Waals surface area contributed by atoms with E-state index in [9.17, 15) is 4.79 Å². The average Bonchev–Trinajstić information content (AvgIpc) is 3.05. The number of carbonyl (C=O) groups is 1. The predicted octanol–water partition coefficient (Wildman–Crippen LogP) is 3.14. The number of nitrogens with zero attached hydrogens (tertiary/aromatic N) is 1. The van der Waals surface area contributed by atoms with Crippen LogP contribution in [0, 0.1) is 6.92 Å². The SMILES string of the molecule is Cc1ccc(NC(=O)C2(c3cccs3)CCOCC2)nc1. The molecular formula is C16H18N2O2S. The molecule has 1 saturated heterocycles. The van der Waals surface area contributed by atoms with Crippen LogP contribution in [0.25, 0.3) is 0 Å². The van der Waals surface area contributed by atoms with Gasteiger partial charge in [-0.3, -0.25) is 4.79 Å². The van der Waals surface area contributed by atoms with E-state index in [-0.39, 0.29) is 5.91 Å². The van der Waals surface area contributed by atoms with Gasteiger partial charge in [0.25, 0.3) is 0 Å². The van der Waals surface area contributed by atoms with Gasteiger partial charge in [0.15, 0.2) is 0 Å². The Labute approximate surface area is 128 Å². The van der Waals surface area contributed by atoms with Gasteiger partial charge in [-0.05, 0) is 42.8 Å². The molecule has 0 unspecified atom stereocenters. The minimum atomic E-state index is -0.487. The molecule has 1 aliphatic heterocycles. The van der Waals surface area contributed by atoms with Crippen molar-refractivity contribution in [2.75, 3.05) is 18.5 Å². The predicted molar refractivity (Wildman–Crippen MR) is 83.7 cm³/mol. The molecule has 2 aromatic rings. The van der Waals surface area contributed by atoms with E-state index in [2.05, 4.69) is 10.3 Å². The number of rotatable bonds is 3. The van der Waals surface area contributed by atoms with Crippen LogP contribution in [-0.4, -0.2) is 24.1 Å².